The Morgan fingerprint density at radius 3 is 2.23 bits per heavy atom. The van der Waals surface area contributed by atoms with Crippen LogP contribution in [0.2, 0.25) is 0 Å². The predicted molar refractivity (Wildman–Crippen MR) is 111 cm³/mol. The Morgan fingerprint density at radius 1 is 1.07 bits per heavy atom. The first-order chi connectivity index (χ1) is 14.1. The molecule has 30 heavy (non-hydrogen) atoms. The first kappa shape index (κ1) is 24.0. The summed E-state index contributed by atoms with van der Waals surface area (Å²) >= 11 is 0. The van der Waals surface area contributed by atoms with Gasteiger partial charge in [0, 0.05) is 5.56 Å². The molecule has 2 aromatic rings. The normalized spacial score (nSPS) is 15.8. The molecule has 0 bridgehead atoms. The summed E-state index contributed by atoms with van der Waals surface area (Å²) in [5.74, 6) is -1.28. The van der Waals surface area contributed by atoms with Gasteiger partial charge in [0.05, 0.1) is 24.9 Å². The van der Waals surface area contributed by atoms with Crippen molar-refractivity contribution in [2.75, 3.05) is 7.11 Å². The van der Waals surface area contributed by atoms with E-state index in [4.69, 9.17) is 14.2 Å². The molecular formula is C23H30FNO5. The van der Waals surface area contributed by atoms with Gasteiger partial charge < -0.3 is 19.3 Å². The first-order valence-corrected chi connectivity index (χ1v) is 9.69. The van der Waals surface area contributed by atoms with Crippen molar-refractivity contribution >= 4 is 5.97 Å². The lowest BCUT2D eigenvalue weighted by molar-refractivity contribution is -0.204. The molecule has 0 saturated carbocycles. The SMILES string of the molecule is COC(=O)C(OCc1ccccc1)[C@](C)(NC(O)OC(C)(C)C)c1ccccc1F. The zero-order valence-electron chi connectivity index (χ0n) is 18.0. The third-order valence-corrected chi connectivity index (χ3v) is 4.52. The van der Waals surface area contributed by atoms with Crippen molar-refractivity contribution in [2.45, 2.75) is 58.0 Å². The maximum absolute atomic E-state index is 14.8. The van der Waals surface area contributed by atoms with Crippen molar-refractivity contribution in [3.05, 3.63) is 71.5 Å². The summed E-state index contributed by atoms with van der Waals surface area (Å²) in [7, 11) is 1.23. The largest absolute Gasteiger partial charge is 0.467 e. The lowest BCUT2D eigenvalue weighted by Crippen LogP contribution is -2.59. The van der Waals surface area contributed by atoms with E-state index in [9.17, 15) is 14.3 Å². The molecule has 0 fully saturated rings. The Balaban J connectivity index is 2.44. The Kier molecular flexibility index (Phi) is 8.09. The highest BCUT2D eigenvalue weighted by atomic mass is 19.1. The summed E-state index contributed by atoms with van der Waals surface area (Å²) in [6.07, 6.45) is -2.78. The minimum Gasteiger partial charge on any atom is -0.467 e. The van der Waals surface area contributed by atoms with Gasteiger partial charge in [0.25, 0.3) is 0 Å². The van der Waals surface area contributed by atoms with Crippen LogP contribution in [0, 0.1) is 5.82 Å². The molecule has 0 heterocycles. The molecule has 0 aromatic heterocycles. The van der Waals surface area contributed by atoms with E-state index in [2.05, 4.69) is 5.32 Å². The summed E-state index contributed by atoms with van der Waals surface area (Å²) in [4.78, 5) is 12.7. The molecule has 0 spiro atoms. The van der Waals surface area contributed by atoms with E-state index in [1.165, 1.54) is 19.2 Å². The molecule has 0 saturated heterocycles. The molecule has 7 heteroatoms. The van der Waals surface area contributed by atoms with Crippen LogP contribution in [0.4, 0.5) is 4.39 Å². The molecule has 2 N–H and O–H groups in total. The Labute approximate surface area is 177 Å². The van der Waals surface area contributed by atoms with Gasteiger partial charge in [-0.05, 0) is 39.3 Å². The van der Waals surface area contributed by atoms with Crippen molar-refractivity contribution < 1.29 is 28.5 Å². The number of aliphatic hydroxyl groups is 1. The van der Waals surface area contributed by atoms with Crippen molar-refractivity contribution in [1.82, 2.24) is 5.32 Å². The number of hydrogen-bond donors (Lipinski definition) is 2. The predicted octanol–water partition coefficient (Wildman–Crippen LogP) is 3.48. The molecule has 6 nitrogen and oxygen atoms in total. The molecule has 0 radical (unpaired) electrons. The zero-order valence-corrected chi connectivity index (χ0v) is 18.0. The number of esters is 1. The Hall–Kier alpha value is -2.32. The molecule has 0 amide bonds. The van der Waals surface area contributed by atoms with Gasteiger partial charge in [0.15, 0.2) is 6.10 Å². The van der Waals surface area contributed by atoms with Gasteiger partial charge >= 0.3 is 5.97 Å². The number of carbonyl (C=O) groups excluding carboxylic acids is 1. The summed E-state index contributed by atoms with van der Waals surface area (Å²) in [5.41, 5.74) is -1.23. The smallest absolute Gasteiger partial charge is 0.337 e. The monoisotopic (exact) mass is 419 g/mol. The molecule has 0 aliphatic carbocycles. The maximum atomic E-state index is 14.8. The zero-order chi connectivity index (χ0) is 22.4. The van der Waals surface area contributed by atoms with E-state index in [0.29, 0.717) is 0 Å². The molecule has 0 aliphatic heterocycles. The van der Waals surface area contributed by atoms with Gasteiger partial charge in [-0.2, -0.15) is 0 Å². The number of rotatable bonds is 9. The summed E-state index contributed by atoms with van der Waals surface area (Å²) in [5, 5.41) is 13.3. The Bertz CT molecular complexity index is 824. The summed E-state index contributed by atoms with van der Waals surface area (Å²) in [6, 6.07) is 15.2. The number of aliphatic hydroxyl groups excluding tert-OH is 1. The van der Waals surface area contributed by atoms with E-state index >= 15 is 0 Å². The first-order valence-electron chi connectivity index (χ1n) is 9.69. The van der Waals surface area contributed by atoms with Crippen LogP contribution in [0.25, 0.3) is 0 Å². The second-order valence-corrected chi connectivity index (χ2v) is 8.11. The fraction of sp³-hybridized carbons (Fsp3) is 0.435. The number of methoxy groups -OCH3 is 1. The van der Waals surface area contributed by atoms with Gasteiger partial charge in [0.1, 0.15) is 5.82 Å². The average Bonchev–Trinajstić information content (AvgIpc) is 2.67. The highest BCUT2D eigenvalue weighted by Gasteiger charge is 2.45. The van der Waals surface area contributed by atoms with Gasteiger partial charge in [-0.15, -0.1) is 0 Å². The van der Waals surface area contributed by atoms with Crippen LogP contribution in [0.5, 0.6) is 0 Å². The van der Waals surface area contributed by atoms with Crippen molar-refractivity contribution in [3.8, 4) is 0 Å². The van der Waals surface area contributed by atoms with Crippen LogP contribution >= 0.6 is 0 Å². The highest BCUT2D eigenvalue weighted by molar-refractivity contribution is 5.77. The van der Waals surface area contributed by atoms with E-state index in [1.807, 2.05) is 30.3 Å². The minimum atomic E-state index is -1.50. The quantitative estimate of drug-likeness (QED) is 0.479. The molecular weight excluding hydrogens is 389 g/mol. The van der Waals surface area contributed by atoms with Crippen LogP contribution in [0.1, 0.15) is 38.8 Å². The second kappa shape index (κ2) is 10.1. The average molecular weight is 419 g/mol. The third-order valence-electron chi connectivity index (χ3n) is 4.52. The number of halogens is 1. The van der Waals surface area contributed by atoms with Crippen LogP contribution in [0.15, 0.2) is 54.6 Å². The number of benzene rings is 2. The molecule has 2 aromatic carbocycles. The van der Waals surface area contributed by atoms with Crippen LogP contribution in [-0.2, 0) is 31.2 Å². The Morgan fingerprint density at radius 2 is 1.67 bits per heavy atom. The lowest BCUT2D eigenvalue weighted by atomic mass is 9.85. The number of carbonyl (C=O) groups is 1. The fourth-order valence-corrected chi connectivity index (χ4v) is 3.13. The standard InChI is InChI=1S/C23H30FNO5/c1-22(2,3)30-21(27)25-23(4,17-13-9-10-14-18(17)24)19(20(26)28-5)29-15-16-11-7-6-8-12-16/h6-14,19,21,25,27H,15H2,1-5H3/t19?,21?,23-/m1/s1. The third kappa shape index (κ3) is 6.34. The van der Waals surface area contributed by atoms with Crippen LogP contribution in [0.3, 0.4) is 0 Å². The van der Waals surface area contributed by atoms with Crippen LogP contribution in [-0.4, -0.2) is 36.3 Å². The maximum Gasteiger partial charge on any atom is 0.337 e. The van der Waals surface area contributed by atoms with Gasteiger partial charge in [-0.1, -0.05) is 48.5 Å². The molecule has 0 aliphatic rings. The van der Waals surface area contributed by atoms with Crippen molar-refractivity contribution in [3.63, 3.8) is 0 Å². The summed E-state index contributed by atoms with van der Waals surface area (Å²) < 4.78 is 31.2. The van der Waals surface area contributed by atoms with E-state index in [0.717, 1.165) is 5.56 Å². The lowest BCUT2D eigenvalue weighted by Gasteiger charge is -2.39. The van der Waals surface area contributed by atoms with Gasteiger partial charge in [-0.25, -0.2) is 9.18 Å². The molecule has 3 atom stereocenters. The second-order valence-electron chi connectivity index (χ2n) is 8.11. The number of ether oxygens (including phenoxy) is 3. The number of hydrogen-bond acceptors (Lipinski definition) is 6. The fourth-order valence-electron chi connectivity index (χ4n) is 3.13. The van der Waals surface area contributed by atoms with Crippen LogP contribution < -0.4 is 5.32 Å². The summed E-state index contributed by atoms with van der Waals surface area (Å²) in [6.45, 7) is 6.95. The minimum absolute atomic E-state index is 0.0859. The molecule has 164 valence electrons. The van der Waals surface area contributed by atoms with Crippen molar-refractivity contribution in [1.29, 1.82) is 0 Å². The number of nitrogens with one attached hydrogen (secondary N) is 1. The van der Waals surface area contributed by atoms with E-state index < -0.39 is 35.4 Å². The van der Waals surface area contributed by atoms with Crippen molar-refractivity contribution in [2.24, 2.45) is 0 Å². The molecule has 2 rings (SSSR count). The van der Waals surface area contributed by atoms with Gasteiger partial charge in [0.2, 0.25) is 6.41 Å². The van der Waals surface area contributed by atoms with E-state index in [1.54, 1.807) is 39.8 Å². The highest BCUT2D eigenvalue weighted by Crippen LogP contribution is 2.31. The topological polar surface area (TPSA) is 77.0 Å². The molecule has 2 unspecified atom stereocenters. The van der Waals surface area contributed by atoms with E-state index in [-0.39, 0.29) is 12.2 Å². The van der Waals surface area contributed by atoms with Gasteiger partial charge in [-0.3, -0.25) is 5.32 Å².